The molecule has 5 rings (SSSR count). The monoisotopic (exact) mass is 384 g/mol. The van der Waals surface area contributed by atoms with Crippen molar-refractivity contribution < 1.29 is 18.3 Å². The molecule has 0 aliphatic carbocycles. The van der Waals surface area contributed by atoms with Gasteiger partial charge in [0.05, 0.1) is 19.3 Å². The summed E-state index contributed by atoms with van der Waals surface area (Å²) >= 11 is 0. The van der Waals surface area contributed by atoms with Crippen LogP contribution in [-0.2, 0) is 9.47 Å². The molecular formula is C22H22F2N2O2. The van der Waals surface area contributed by atoms with Crippen LogP contribution in [0, 0.1) is 11.6 Å². The lowest BCUT2D eigenvalue weighted by molar-refractivity contribution is -0.134. The third-order valence-electron chi connectivity index (χ3n) is 5.83. The predicted octanol–water partition coefficient (Wildman–Crippen LogP) is 3.36. The number of ether oxygens (including phenoxy) is 2. The summed E-state index contributed by atoms with van der Waals surface area (Å²) in [5.74, 6) is -1.16. The van der Waals surface area contributed by atoms with Gasteiger partial charge in [-0.2, -0.15) is 0 Å². The van der Waals surface area contributed by atoms with E-state index >= 15 is 0 Å². The normalized spacial score (nSPS) is 21.4. The maximum atomic E-state index is 13.5. The van der Waals surface area contributed by atoms with E-state index in [9.17, 15) is 8.78 Å². The standard InChI is InChI=1S/C22H22F2N2O2/c23-17-5-1-15(2-6-17)21(16-3-7-18(24)8-4-16)26-13-19-20(14-26)25-10-9-22(19)27-11-12-28-22/h1-8,21,25H,9-14H2. The molecule has 0 unspecified atom stereocenters. The number of fused-ring (bicyclic) bond motifs is 1. The number of nitrogens with zero attached hydrogens (tertiary/aromatic N) is 1. The van der Waals surface area contributed by atoms with Gasteiger partial charge in [-0.25, -0.2) is 8.78 Å². The topological polar surface area (TPSA) is 33.7 Å². The Bertz CT molecular complexity index is 844. The Kier molecular flexibility index (Phi) is 4.42. The summed E-state index contributed by atoms with van der Waals surface area (Å²) in [5.41, 5.74) is 4.22. The van der Waals surface area contributed by atoms with Gasteiger partial charge in [-0.15, -0.1) is 0 Å². The van der Waals surface area contributed by atoms with Gasteiger partial charge in [0.25, 0.3) is 0 Å². The van der Waals surface area contributed by atoms with Crippen molar-refractivity contribution in [1.82, 2.24) is 10.2 Å². The van der Waals surface area contributed by atoms with Crippen molar-refractivity contribution in [3.63, 3.8) is 0 Å². The van der Waals surface area contributed by atoms with E-state index < -0.39 is 5.79 Å². The Balaban J connectivity index is 1.50. The Hall–Kier alpha value is -2.28. The Morgan fingerprint density at radius 2 is 1.43 bits per heavy atom. The third-order valence-corrected chi connectivity index (χ3v) is 5.83. The van der Waals surface area contributed by atoms with Gasteiger partial charge in [-0.3, -0.25) is 4.90 Å². The van der Waals surface area contributed by atoms with Crippen molar-refractivity contribution in [2.45, 2.75) is 18.2 Å². The smallest absolute Gasteiger partial charge is 0.195 e. The van der Waals surface area contributed by atoms with E-state index in [-0.39, 0.29) is 17.7 Å². The Morgan fingerprint density at radius 1 is 0.857 bits per heavy atom. The molecule has 0 radical (unpaired) electrons. The first kappa shape index (κ1) is 17.8. The highest BCUT2D eigenvalue weighted by Gasteiger charge is 2.48. The lowest BCUT2D eigenvalue weighted by atomic mass is 9.96. The fraction of sp³-hybridized carbons (Fsp3) is 0.364. The highest BCUT2D eigenvalue weighted by Crippen LogP contribution is 2.42. The number of hydrogen-bond donors (Lipinski definition) is 1. The summed E-state index contributed by atoms with van der Waals surface area (Å²) in [6.07, 6.45) is 0.789. The molecule has 0 saturated carbocycles. The molecule has 0 amide bonds. The molecular weight excluding hydrogens is 362 g/mol. The molecule has 6 heteroatoms. The van der Waals surface area contributed by atoms with Crippen molar-refractivity contribution in [3.05, 3.63) is 82.6 Å². The summed E-state index contributed by atoms with van der Waals surface area (Å²) in [7, 11) is 0. The van der Waals surface area contributed by atoms with E-state index in [0.29, 0.717) is 26.3 Å². The van der Waals surface area contributed by atoms with E-state index in [1.54, 1.807) is 24.3 Å². The summed E-state index contributed by atoms with van der Waals surface area (Å²) < 4.78 is 39.1. The lowest BCUT2D eigenvalue weighted by Crippen LogP contribution is -2.42. The second-order valence-corrected chi connectivity index (χ2v) is 7.49. The largest absolute Gasteiger partial charge is 0.387 e. The molecule has 3 aliphatic rings. The van der Waals surface area contributed by atoms with Crippen LogP contribution in [0.4, 0.5) is 8.78 Å². The van der Waals surface area contributed by atoms with Gasteiger partial charge in [0.15, 0.2) is 5.79 Å². The van der Waals surface area contributed by atoms with Crippen LogP contribution >= 0.6 is 0 Å². The quantitative estimate of drug-likeness (QED) is 0.880. The molecule has 2 aromatic carbocycles. The first-order valence-electron chi connectivity index (χ1n) is 9.64. The second-order valence-electron chi connectivity index (χ2n) is 7.49. The number of halogens is 2. The van der Waals surface area contributed by atoms with Gasteiger partial charge in [0, 0.05) is 37.3 Å². The number of hydrogen-bond acceptors (Lipinski definition) is 4. The molecule has 0 atom stereocenters. The Morgan fingerprint density at radius 3 is 2.00 bits per heavy atom. The first-order chi connectivity index (χ1) is 13.6. The van der Waals surface area contributed by atoms with Crippen molar-refractivity contribution in [1.29, 1.82) is 0 Å². The van der Waals surface area contributed by atoms with Gasteiger partial charge in [0.2, 0.25) is 0 Å². The zero-order valence-electron chi connectivity index (χ0n) is 15.5. The van der Waals surface area contributed by atoms with Crippen molar-refractivity contribution >= 4 is 0 Å². The van der Waals surface area contributed by atoms with Crippen molar-refractivity contribution in [2.24, 2.45) is 0 Å². The number of rotatable bonds is 3. The predicted molar refractivity (Wildman–Crippen MR) is 100 cm³/mol. The van der Waals surface area contributed by atoms with Crippen LogP contribution in [0.5, 0.6) is 0 Å². The SMILES string of the molecule is Fc1ccc(C(c2ccc(F)cc2)N2CC3=C(C2)C2(CCN3)OCCO2)cc1. The summed E-state index contributed by atoms with van der Waals surface area (Å²) in [6.45, 7) is 3.42. The van der Waals surface area contributed by atoms with Crippen LogP contribution in [-0.4, -0.2) is 43.5 Å². The summed E-state index contributed by atoms with van der Waals surface area (Å²) in [6, 6.07) is 13.0. The molecule has 4 nitrogen and oxygen atoms in total. The molecule has 1 N–H and O–H groups in total. The van der Waals surface area contributed by atoms with Crippen LogP contribution in [0.1, 0.15) is 23.6 Å². The van der Waals surface area contributed by atoms with E-state index in [1.807, 2.05) is 0 Å². The molecule has 1 spiro atoms. The first-order valence-corrected chi connectivity index (χ1v) is 9.64. The molecule has 146 valence electrons. The minimum Gasteiger partial charge on any atom is -0.387 e. The molecule has 0 aromatic heterocycles. The fourth-order valence-corrected chi connectivity index (χ4v) is 4.55. The Labute approximate surface area is 162 Å². The number of nitrogens with one attached hydrogen (secondary N) is 1. The minimum atomic E-state index is -0.620. The maximum Gasteiger partial charge on any atom is 0.195 e. The zero-order valence-corrected chi connectivity index (χ0v) is 15.5. The van der Waals surface area contributed by atoms with Crippen molar-refractivity contribution in [3.8, 4) is 0 Å². The molecule has 1 saturated heterocycles. The van der Waals surface area contributed by atoms with Gasteiger partial charge in [-0.1, -0.05) is 24.3 Å². The van der Waals surface area contributed by atoms with E-state index in [0.717, 1.165) is 35.4 Å². The zero-order chi connectivity index (χ0) is 19.1. The molecule has 3 aliphatic heterocycles. The average Bonchev–Trinajstić information content (AvgIpc) is 3.34. The molecule has 1 fully saturated rings. The molecule has 2 aromatic rings. The lowest BCUT2D eigenvalue weighted by Gasteiger charge is -2.34. The van der Waals surface area contributed by atoms with E-state index in [2.05, 4.69) is 10.2 Å². The summed E-state index contributed by atoms with van der Waals surface area (Å²) in [5, 5.41) is 3.50. The van der Waals surface area contributed by atoms with Crippen LogP contribution in [0.25, 0.3) is 0 Å². The van der Waals surface area contributed by atoms with Gasteiger partial charge < -0.3 is 14.8 Å². The average molecular weight is 384 g/mol. The third kappa shape index (κ3) is 3.02. The minimum absolute atomic E-state index is 0.118. The van der Waals surface area contributed by atoms with Gasteiger partial charge >= 0.3 is 0 Å². The van der Waals surface area contributed by atoms with Crippen LogP contribution in [0.2, 0.25) is 0 Å². The highest BCUT2D eigenvalue weighted by molar-refractivity contribution is 5.38. The molecule has 28 heavy (non-hydrogen) atoms. The van der Waals surface area contributed by atoms with E-state index in [1.165, 1.54) is 24.3 Å². The van der Waals surface area contributed by atoms with Crippen molar-refractivity contribution in [2.75, 3.05) is 32.8 Å². The fourth-order valence-electron chi connectivity index (χ4n) is 4.55. The highest BCUT2D eigenvalue weighted by atomic mass is 19.1. The molecule has 0 bridgehead atoms. The maximum absolute atomic E-state index is 13.5. The van der Waals surface area contributed by atoms with Crippen LogP contribution in [0.3, 0.4) is 0 Å². The molecule has 3 heterocycles. The summed E-state index contributed by atoms with van der Waals surface area (Å²) in [4.78, 5) is 2.30. The second kappa shape index (κ2) is 6.95. The van der Waals surface area contributed by atoms with Gasteiger partial charge in [-0.05, 0) is 35.4 Å². The van der Waals surface area contributed by atoms with Crippen LogP contribution < -0.4 is 5.32 Å². The van der Waals surface area contributed by atoms with Crippen LogP contribution in [0.15, 0.2) is 59.8 Å². The number of benzene rings is 2. The van der Waals surface area contributed by atoms with E-state index in [4.69, 9.17) is 9.47 Å². The van der Waals surface area contributed by atoms with Gasteiger partial charge in [0.1, 0.15) is 11.6 Å².